The Hall–Kier alpha value is -1.39. The third-order valence-electron chi connectivity index (χ3n) is 3.74. The van der Waals surface area contributed by atoms with Crippen LogP contribution in [0, 0.1) is 0 Å². The van der Waals surface area contributed by atoms with Crippen LogP contribution in [0.5, 0.6) is 0 Å². The van der Waals surface area contributed by atoms with E-state index in [0.717, 1.165) is 33.9 Å². The van der Waals surface area contributed by atoms with Crippen molar-refractivity contribution in [2.24, 2.45) is 0 Å². The molecule has 0 radical (unpaired) electrons. The van der Waals surface area contributed by atoms with Crippen molar-refractivity contribution >= 4 is 38.3 Å². The first kappa shape index (κ1) is 13.6. The van der Waals surface area contributed by atoms with Crippen molar-refractivity contribution < 1.29 is 4.79 Å². The first-order valence-corrected chi connectivity index (χ1v) is 7.74. The van der Waals surface area contributed by atoms with Gasteiger partial charge in [0.05, 0.1) is 0 Å². The van der Waals surface area contributed by atoms with Crippen molar-refractivity contribution in [2.75, 3.05) is 11.9 Å². The number of rotatable bonds is 3. The zero-order valence-corrected chi connectivity index (χ0v) is 12.7. The minimum atomic E-state index is 0.0804. The molecule has 3 rings (SSSR count). The number of benzene rings is 2. The molecule has 0 saturated carbocycles. The van der Waals surface area contributed by atoms with E-state index in [1.807, 2.05) is 36.4 Å². The molecule has 0 bridgehead atoms. The van der Waals surface area contributed by atoms with Crippen LogP contribution in [-0.4, -0.2) is 18.5 Å². The Morgan fingerprint density at radius 2 is 2.05 bits per heavy atom. The van der Waals surface area contributed by atoms with Gasteiger partial charge in [-0.1, -0.05) is 40.2 Å². The first-order chi connectivity index (χ1) is 9.74. The Bertz CT molecular complexity index is 635. The molecular weight excluding hydrogens is 316 g/mol. The molecule has 1 unspecified atom stereocenters. The zero-order valence-electron chi connectivity index (χ0n) is 11.2. The molecular formula is C16H17BrN2O. The highest BCUT2D eigenvalue weighted by molar-refractivity contribution is 9.10. The number of amides is 1. The fourth-order valence-electron chi connectivity index (χ4n) is 2.73. The summed E-state index contributed by atoms with van der Waals surface area (Å²) in [5.41, 5.74) is 0.881. The Morgan fingerprint density at radius 3 is 2.80 bits per heavy atom. The molecule has 1 atom stereocenters. The van der Waals surface area contributed by atoms with Crippen molar-refractivity contribution in [1.82, 2.24) is 5.32 Å². The van der Waals surface area contributed by atoms with E-state index in [2.05, 4.69) is 26.6 Å². The maximum atomic E-state index is 12.1. The molecule has 20 heavy (non-hydrogen) atoms. The SMILES string of the molecule is O=C(CC1CCCN1)Nc1ccc(Br)c2ccccc12. The summed E-state index contributed by atoms with van der Waals surface area (Å²) in [5.74, 6) is 0.0804. The molecule has 1 amide bonds. The summed E-state index contributed by atoms with van der Waals surface area (Å²) in [6.07, 6.45) is 2.80. The Kier molecular flexibility index (Phi) is 4.03. The molecule has 4 heteroatoms. The minimum absolute atomic E-state index is 0.0804. The van der Waals surface area contributed by atoms with E-state index in [0.29, 0.717) is 12.5 Å². The number of anilines is 1. The predicted octanol–water partition coefficient (Wildman–Crippen LogP) is 3.68. The topological polar surface area (TPSA) is 41.1 Å². The van der Waals surface area contributed by atoms with Gasteiger partial charge in [0.1, 0.15) is 0 Å². The summed E-state index contributed by atoms with van der Waals surface area (Å²) in [5, 5.41) is 8.57. The van der Waals surface area contributed by atoms with Crippen LogP contribution in [0.3, 0.4) is 0 Å². The molecule has 1 heterocycles. The van der Waals surface area contributed by atoms with Crippen molar-refractivity contribution in [1.29, 1.82) is 0 Å². The van der Waals surface area contributed by atoms with Gasteiger partial charge in [-0.2, -0.15) is 0 Å². The summed E-state index contributed by atoms with van der Waals surface area (Å²) in [6.45, 7) is 1.03. The van der Waals surface area contributed by atoms with E-state index >= 15 is 0 Å². The van der Waals surface area contributed by atoms with Gasteiger partial charge in [0, 0.05) is 28.0 Å². The van der Waals surface area contributed by atoms with Crippen molar-refractivity contribution in [2.45, 2.75) is 25.3 Å². The van der Waals surface area contributed by atoms with E-state index < -0.39 is 0 Å². The third kappa shape index (κ3) is 2.86. The summed E-state index contributed by atoms with van der Waals surface area (Å²) in [4.78, 5) is 12.1. The largest absolute Gasteiger partial charge is 0.325 e. The molecule has 2 aromatic carbocycles. The van der Waals surface area contributed by atoms with Gasteiger partial charge < -0.3 is 10.6 Å². The average molecular weight is 333 g/mol. The summed E-state index contributed by atoms with van der Waals surface area (Å²) < 4.78 is 1.04. The predicted molar refractivity (Wildman–Crippen MR) is 85.9 cm³/mol. The second kappa shape index (κ2) is 5.94. The highest BCUT2D eigenvalue weighted by Gasteiger charge is 2.18. The van der Waals surface area contributed by atoms with Gasteiger partial charge in [-0.3, -0.25) is 4.79 Å². The normalized spacial score (nSPS) is 18.4. The molecule has 1 aliphatic rings. The number of fused-ring (bicyclic) bond motifs is 1. The third-order valence-corrected chi connectivity index (χ3v) is 4.43. The van der Waals surface area contributed by atoms with Gasteiger partial charge in [-0.05, 0) is 36.9 Å². The van der Waals surface area contributed by atoms with Crippen LogP contribution in [0.25, 0.3) is 10.8 Å². The van der Waals surface area contributed by atoms with E-state index in [1.54, 1.807) is 0 Å². The van der Waals surface area contributed by atoms with E-state index in [-0.39, 0.29) is 5.91 Å². The summed E-state index contributed by atoms with van der Waals surface area (Å²) in [7, 11) is 0. The van der Waals surface area contributed by atoms with Crippen LogP contribution in [-0.2, 0) is 4.79 Å². The fraction of sp³-hybridized carbons (Fsp3) is 0.312. The van der Waals surface area contributed by atoms with E-state index in [1.165, 1.54) is 6.42 Å². The number of carbonyl (C=O) groups is 1. The molecule has 0 aliphatic carbocycles. The number of halogens is 1. The van der Waals surface area contributed by atoms with Gasteiger partial charge in [-0.25, -0.2) is 0 Å². The smallest absolute Gasteiger partial charge is 0.225 e. The average Bonchev–Trinajstić information content (AvgIpc) is 2.95. The highest BCUT2D eigenvalue weighted by Crippen LogP contribution is 2.30. The fourth-order valence-corrected chi connectivity index (χ4v) is 3.21. The quantitative estimate of drug-likeness (QED) is 0.900. The molecule has 2 N–H and O–H groups in total. The zero-order chi connectivity index (χ0) is 13.9. The second-order valence-corrected chi connectivity index (χ2v) is 6.04. The Morgan fingerprint density at radius 1 is 1.25 bits per heavy atom. The lowest BCUT2D eigenvalue weighted by Gasteiger charge is -2.12. The number of hydrogen-bond donors (Lipinski definition) is 2. The van der Waals surface area contributed by atoms with Gasteiger partial charge in [-0.15, -0.1) is 0 Å². The van der Waals surface area contributed by atoms with Crippen molar-refractivity contribution in [3.05, 3.63) is 40.9 Å². The molecule has 1 aliphatic heterocycles. The minimum Gasteiger partial charge on any atom is -0.325 e. The van der Waals surface area contributed by atoms with E-state index in [9.17, 15) is 4.79 Å². The molecule has 1 fully saturated rings. The second-order valence-electron chi connectivity index (χ2n) is 5.19. The Labute approximate surface area is 126 Å². The van der Waals surface area contributed by atoms with Crippen LogP contribution in [0.15, 0.2) is 40.9 Å². The van der Waals surface area contributed by atoms with Gasteiger partial charge in [0.2, 0.25) is 5.91 Å². The van der Waals surface area contributed by atoms with Crippen LogP contribution in [0.1, 0.15) is 19.3 Å². The highest BCUT2D eigenvalue weighted by atomic mass is 79.9. The number of hydrogen-bond acceptors (Lipinski definition) is 2. The van der Waals surface area contributed by atoms with Crippen molar-refractivity contribution in [3.8, 4) is 0 Å². The molecule has 104 valence electrons. The lowest BCUT2D eigenvalue weighted by molar-refractivity contribution is -0.116. The molecule has 3 nitrogen and oxygen atoms in total. The monoisotopic (exact) mass is 332 g/mol. The van der Waals surface area contributed by atoms with Gasteiger partial charge in [0.15, 0.2) is 0 Å². The molecule has 0 aromatic heterocycles. The van der Waals surface area contributed by atoms with Gasteiger partial charge >= 0.3 is 0 Å². The van der Waals surface area contributed by atoms with Crippen LogP contribution in [0.4, 0.5) is 5.69 Å². The van der Waals surface area contributed by atoms with Crippen LogP contribution >= 0.6 is 15.9 Å². The lowest BCUT2D eigenvalue weighted by atomic mass is 10.1. The standard InChI is InChI=1S/C16H17BrN2O/c17-14-7-8-15(13-6-2-1-5-12(13)14)19-16(20)10-11-4-3-9-18-11/h1-2,5-8,11,18H,3-4,9-10H2,(H,19,20). The maximum absolute atomic E-state index is 12.1. The van der Waals surface area contributed by atoms with Crippen LogP contribution in [0.2, 0.25) is 0 Å². The number of carbonyl (C=O) groups excluding carboxylic acids is 1. The maximum Gasteiger partial charge on any atom is 0.225 e. The van der Waals surface area contributed by atoms with Crippen molar-refractivity contribution in [3.63, 3.8) is 0 Å². The summed E-state index contributed by atoms with van der Waals surface area (Å²) in [6, 6.07) is 12.3. The lowest BCUT2D eigenvalue weighted by Crippen LogP contribution is -2.27. The summed E-state index contributed by atoms with van der Waals surface area (Å²) >= 11 is 3.55. The first-order valence-electron chi connectivity index (χ1n) is 6.94. The Balaban J connectivity index is 1.80. The van der Waals surface area contributed by atoms with E-state index in [4.69, 9.17) is 0 Å². The van der Waals surface area contributed by atoms with Crippen LogP contribution < -0.4 is 10.6 Å². The molecule has 1 saturated heterocycles. The molecule has 2 aromatic rings. The number of nitrogens with one attached hydrogen (secondary N) is 2. The molecule has 0 spiro atoms. The van der Waals surface area contributed by atoms with Gasteiger partial charge in [0.25, 0.3) is 0 Å².